The van der Waals surface area contributed by atoms with Crippen LogP contribution in [0.2, 0.25) is 0 Å². The van der Waals surface area contributed by atoms with Crippen LogP contribution in [-0.4, -0.2) is 68.1 Å². The molecule has 2 N–H and O–H groups in total. The number of ether oxygens (including phenoxy) is 3. The molecule has 7 heteroatoms. The van der Waals surface area contributed by atoms with Crippen molar-refractivity contribution in [3.63, 3.8) is 0 Å². The summed E-state index contributed by atoms with van der Waals surface area (Å²) in [5.74, 6) is 1.17. The average Bonchev–Trinajstić information content (AvgIpc) is 2.65. The summed E-state index contributed by atoms with van der Waals surface area (Å²) in [5.41, 5.74) is 0.233. The average molecular weight is 364 g/mol. The van der Waals surface area contributed by atoms with Crippen LogP contribution < -0.4 is 14.8 Å². The SMILES string of the molecule is COc1cc(NC(=O)CN2CCC3(CC2)OCCCC3O)cc(OC)c1. The first kappa shape index (κ1) is 18.9. The highest BCUT2D eigenvalue weighted by Gasteiger charge is 2.43. The number of benzene rings is 1. The van der Waals surface area contributed by atoms with E-state index in [-0.39, 0.29) is 5.91 Å². The monoisotopic (exact) mass is 364 g/mol. The van der Waals surface area contributed by atoms with Crippen LogP contribution in [0, 0.1) is 0 Å². The summed E-state index contributed by atoms with van der Waals surface area (Å²) in [6, 6.07) is 5.28. The third-order valence-electron chi connectivity index (χ3n) is 5.32. The maximum absolute atomic E-state index is 12.4. The smallest absolute Gasteiger partial charge is 0.238 e. The Kier molecular flexibility index (Phi) is 6.01. The molecular formula is C19H28N2O5. The molecule has 1 aromatic rings. The summed E-state index contributed by atoms with van der Waals surface area (Å²) < 4.78 is 16.4. The largest absolute Gasteiger partial charge is 0.497 e. The van der Waals surface area contributed by atoms with Crippen molar-refractivity contribution in [1.82, 2.24) is 4.90 Å². The lowest BCUT2D eigenvalue weighted by atomic mass is 9.82. The Balaban J connectivity index is 1.53. The predicted molar refractivity (Wildman–Crippen MR) is 97.8 cm³/mol. The fourth-order valence-corrected chi connectivity index (χ4v) is 3.76. The third-order valence-corrected chi connectivity index (χ3v) is 5.32. The fourth-order valence-electron chi connectivity index (χ4n) is 3.76. The first-order valence-corrected chi connectivity index (χ1v) is 9.12. The van der Waals surface area contributed by atoms with Gasteiger partial charge in [0.2, 0.25) is 5.91 Å². The minimum atomic E-state index is -0.411. The van der Waals surface area contributed by atoms with Gasteiger partial charge in [0, 0.05) is 43.6 Å². The van der Waals surface area contributed by atoms with Gasteiger partial charge < -0.3 is 24.6 Å². The van der Waals surface area contributed by atoms with Crippen molar-refractivity contribution in [2.75, 3.05) is 45.8 Å². The molecule has 0 saturated carbocycles. The Morgan fingerprint density at radius 1 is 1.27 bits per heavy atom. The highest BCUT2D eigenvalue weighted by atomic mass is 16.5. The van der Waals surface area contributed by atoms with E-state index >= 15 is 0 Å². The number of carbonyl (C=O) groups excluding carboxylic acids is 1. The number of carbonyl (C=O) groups is 1. The van der Waals surface area contributed by atoms with Crippen LogP contribution in [0.15, 0.2) is 18.2 Å². The number of methoxy groups -OCH3 is 2. The second kappa shape index (κ2) is 8.24. The molecule has 2 fully saturated rings. The molecule has 2 saturated heterocycles. The molecule has 26 heavy (non-hydrogen) atoms. The summed E-state index contributed by atoms with van der Waals surface area (Å²) in [6.45, 7) is 2.51. The fraction of sp³-hybridized carbons (Fsp3) is 0.632. The molecule has 1 aromatic carbocycles. The summed E-state index contributed by atoms with van der Waals surface area (Å²) in [7, 11) is 3.15. The van der Waals surface area contributed by atoms with Gasteiger partial charge in [-0.3, -0.25) is 9.69 Å². The lowest BCUT2D eigenvalue weighted by Gasteiger charge is -2.46. The number of aliphatic hydroxyl groups excluding tert-OH is 1. The lowest BCUT2D eigenvalue weighted by molar-refractivity contribution is -0.177. The van der Waals surface area contributed by atoms with E-state index in [0.29, 0.717) is 23.7 Å². The zero-order valence-electron chi connectivity index (χ0n) is 15.5. The Morgan fingerprint density at radius 3 is 2.50 bits per heavy atom. The van der Waals surface area contributed by atoms with E-state index in [1.165, 1.54) is 0 Å². The van der Waals surface area contributed by atoms with Crippen LogP contribution in [0.3, 0.4) is 0 Å². The number of piperidine rings is 1. The van der Waals surface area contributed by atoms with Crippen LogP contribution in [0.5, 0.6) is 11.5 Å². The van der Waals surface area contributed by atoms with E-state index in [4.69, 9.17) is 14.2 Å². The minimum absolute atomic E-state index is 0.0821. The molecule has 144 valence electrons. The molecule has 2 heterocycles. The Hall–Kier alpha value is -1.83. The molecule has 0 aromatic heterocycles. The number of aliphatic hydroxyl groups is 1. The number of hydrogen-bond donors (Lipinski definition) is 2. The number of likely N-dealkylation sites (tertiary alicyclic amines) is 1. The normalized spacial score (nSPS) is 22.8. The van der Waals surface area contributed by atoms with Gasteiger partial charge in [-0.1, -0.05) is 0 Å². The molecule has 7 nitrogen and oxygen atoms in total. The third kappa shape index (κ3) is 4.28. The number of amides is 1. The maximum Gasteiger partial charge on any atom is 0.238 e. The van der Waals surface area contributed by atoms with Gasteiger partial charge in [0.15, 0.2) is 0 Å². The molecule has 1 unspecified atom stereocenters. The molecule has 1 spiro atoms. The molecule has 2 aliphatic rings. The molecule has 3 rings (SSSR count). The lowest BCUT2D eigenvalue weighted by Crippen LogP contribution is -2.55. The zero-order chi connectivity index (χ0) is 18.6. The van der Waals surface area contributed by atoms with Gasteiger partial charge in [0.05, 0.1) is 32.5 Å². The summed E-state index contributed by atoms with van der Waals surface area (Å²) in [4.78, 5) is 14.5. The van der Waals surface area contributed by atoms with E-state index in [9.17, 15) is 9.90 Å². The van der Waals surface area contributed by atoms with Gasteiger partial charge in [-0.15, -0.1) is 0 Å². The van der Waals surface area contributed by atoms with Crippen LogP contribution >= 0.6 is 0 Å². The number of anilines is 1. The second-order valence-corrected chi connectivity index (χ2v) is 7.00. The number of rotatable bonds is 5. The Bertz CT molecular complexity index is 606. The van der Waals surface area contributed by atoms with E-state index in [1.807, 2.05) is 0 Å². The van der Waals surface area contributed by atoms with Crippen molar-refractivity contribution < 1.29 is 24.1 Å². The van der Waals surface area contributed by atoms with Gasteiger partial charge in [0.1, 0.15) is 11.5 Å². The van der Waals surface area contributed by atoms with Crippen LogP contribution in [0.4, 0.5) is 5.69 Å². The van der Waals surface area contributed by atoms with Gasteiger partial charge >= 0.3 is 0 Å². The van der Waals surface area contributed by atoms with E-state index < -0.39 is 11.7 Å². The molecule has 0 radical (unpaired) electrons. The predicted octanol–water partition coefficient (Wildman–Crippen LogP) is 1.65. The second-order valence-electron chi connectivity index (χ2n) is 7.00. The molecule has 0 bridgehead atoms. The quantitative estimate of drug-likeness (QED) is 0.827. The van der Waals surface area contributed by atoms with Crippen molar-refractivity contribution >= 4 is 11.6 Å². The first-order chi connectivity index (χ1) is 12.5. The van der Waals surface area contributed by atoms with Crippen molar-refractivity contribution in [3.8, 4) is 11.5 Å². The van der Waals surface area contributed by atoms with Crippen LogP contribution in [0.1, 0.15) is 25.7 Å². The van der Waals surface area contributed by atoms with Gasteiger partial charge in [-0.25, -0.2) is 0 Å². The van der Waals surface area contributed by atoms with E-state index in [2.05, 4.69) is 10.2 Å². The van der Waals surface area contributed by atoms with Crippen molar-refractivity contribution in [2.45, 2.75) is 37.4 Å². The zero-order valence-corrected chi connectivity index (χ0v) is 15.5. The number of nitrogens with one attached hydrogen (secondary N) is 1. The molecule has 1 amide bonds. The van der Waals surface area contributed by atoms with Crippen LogP contribution in [0.25, 0.3) is 0 Å². The van der Waals surface area contributed by atoms with Crippen molar-refractivity contribution in [2.24, 2.45) is 0 Å². The Labute approximate surface area is 154 Å². The van der Waals surface area contributed by atoms with Crippen LogP contribution in [-0.2, 0) is 9.53 Å². The number of nitrogens with zero attached hydrogens (tertiary/aromatic N) is 1. The van der Waals surface area contributed by atoms with Gasteiger partial charge in [-0.2, -0.15) is 0 Å². The van der Waals surface area contributed by atoms with E-state index in [0.717, 1.165) is 45.4 Å². The van der Waals surface area contributed by atoms with Crippen molar-refractivity contribution in [3.05, 3.63) is 18.2 Å². The highest BCUT2D eigenvalue weighted by Crippen LogP contribution is 2.35. The molecular weight excluding hydrogens is 336 g/mol. The summed E-state index contributed by atoms with van der Waals surface area (Å²) in [5, 5.41) is 13.2. The summed E-state index contributed by atoms with van der Waals surface area (Å²) >= 11 is 0. The highest BCUT2D eigenvalue weighted by molar-refractivity contribution is 5.92. The van der Waals surface area contributed by atoms with E-state index in [1.54, 1.807) is 32.4 Å². The maximum atomic E-state index is 12.4. The standard InChI is InChI=1S/C19H28N2O5/c1-24-15-10-14(11-16(12-15)25-2)20-18(23)13-21-7-5-19(6-8-21)17(22)4-3-9-26-19/h10-12,17,22H,3-9,13H2,1-2H3,(H,20,23). The minimum Gasteiger partial charge on any atom is -0.497 e. The topological polar surface area (TPSA) is 80.3 Å². The molecule has 1 atom stereocenters. The Morgan fingerprint density at radius 2 is 1.92 bits per heavy atom. The van der Waals surface area contributed by atoms with Gasteiger partial charge in [0.25, 0.3) is 0 Å². The molecule has 0 aliphatic carbocycles. The number of hydrogen-bond acceptors (Lipinski definition) is 6. The molecule has 2 aliphatic heterocycles. The summed E-state index contributed by atoms with van der Waals surface area (Å²) in [6.07, 6.45) is 2.84. The first-order valence-electron chi connectivity index (χ1n) is 9.12. The van der Waals surface area contributed by atoms with Gasteiger partial charge in [-0.05, 0) is 25.7 Å². The van der Waals surface area contributed by atoms with Crippen molar-refractivity contribution in [1.29, 1.82) is 0 Å².